The summed E-state index contributed by atoms with van der Waals surface area (Å²) in [5, 5.41) is 0. The van der Waals surface area contributed by atoms with Gasteiger partial charge in [0.1, 0.15) is 0 Å². The summed E-state index contributed by atoms with van der Waals surface area (Å²) >= 11 is -3.03. The van der Waals surface area contributed by atoms with Crippen molar-refractivity contribution in [2.75, 3.05) is 0 Å². The van der Waals surface area contributed by atoms with Crippen molar-refractivity contribution < 1.29 is 12.0 Å². The Hall–Kier alpha value is 0.260. The highest BCUT2D eigenvalue weighted by Gasteiger charge is 2.28. The van der Waals surface area contributed by atoms with Crippen LogP contribution in [0.5, 0.6) is 0 Å². The highest BCUT2D eigenvalue weighted by molar-refractivity contribution is 7.94. The topological polar surface area (TPSA) is 43.4 Å². The zero-order valence-electron chi connectivity index (χ0n) is 9.04. The van der Waals surface area contributed by atoms with Gasteiger partial charge in [0, 0.05) is 0 Å². The van der Waals surface area contributed by atoms with E-state index in [4.69, 9.17) is 3.63 Å². The normalized spacial score (nSPS) is 18.3. The van der Waals surface area contributed by atoms with Gasteiger partial charge < -0.3 is 0 Å². The third-order valence-corrected chi connectivity index (χ3v) is 4.11. The minimum Gasteiger partial charge on any atom is -0.228 e. The van der Waals surface area contributed by atoms with Crippen LogP contribution in [0.4, 0.5) is 0 Å². The summed E-state index contributed by atoms with van der Waals surface area (Å²) in [5.41, 5.74) is 0. The van der Waals surface area contributed by atoms with Crippen molar-refractivity contribution >= 4 is 22.2 Å². The molecule has 0 aromatic rings. The van der Waals surface area contributed by atoms with Crippen LogP contribution in [0.25, 0.3) is 0 Å². The third kappa shape index (κ3) is 4.88. The van der Waals surface area contributed by atoms with Crippen LogP contribution in [0.15, 0.2) is 0 Å². The summed E-state index contributed by atoms with van der Waals surface area (Å²) in [6.07, 6.45) is 0. The molecule has 0 saturated heterocycles. The largest absolute Gasteiger partial charge is 0.228 e. The van der Waals surface area contributed by atoms with E-state index in [0.717, 1.165) is 0 Å². The standard InChI is InChI=1S/C8H18O3S2/c1-7(2,3)12(9)11-13(10)8(4,5)6/h1-6H3. The molecular weight excluding hydrogens is 208 g/mol. The molecule has 0 atom stereocenters. The zero-order valence-corrected chi connectivity index (χ0v) is 10.7. The number of hydrogen-bond donors (Lipinski definition) is 0. The second kappa shape index (κ2) is 4.19. The maximum Gasteiger partial charge on any atom is 0.174 e. The summed E-state index contributed by atoms with van der Waals surface area (Å²) in [4.78, 5) is 0. The van der Waals surface area contributed by atoms with E-state index < -0.39 is 31.7 Å². The minimum absolute atomic E-state index is 0.485. The molecule has 0 fully saturated rings. The lowest BCUT2D eigenvalue weighted by atomic mass is 10.3. The molecule has 0 aromatic carbocycles. The van der Waals surface area contributed by atoms with Crippen molar-refractivity contribution in [3.63, 3.8) is 0 Å². The molecule has 0 rings (SSSR count). The second-order valence-corrected chi connectivity index (χ2v) is 8.69. The molecule has 0 aromatic heterocycles. The Kier molecular flexibility index (Phi) is 4.27. The van der Waals surface area contributed by atoms with Crippen LogP contribution < -0.4 is 0 Å². The average molecular weight is 226 g/mol. The van der Waals surface area contributed by atoms with Gasteiger partial charge in [-0.1, -0.05) is 0 Å². The highest BCUT2D eigenvalue weighted by Crippen LogP contribution is 2.19. The van der Waals surface area contributed by atoms with Gasteiger partial charge in [0.15, 0.2) is 22.2 Å². The van der Waals surface area contributed by atoms with Crippen LogP contribution in [0, 0.1) is 0 Å². The Balaban J connectivity index is 4.34. The molecule has 80 valence electrons. The molecule has 0 bridgehead atoms. The van der Waals surface area contributed by atoms with Crippen molar-refractivity contribution in [1.29, 1.82) is 0 Å². The summed E-state index contributed by atoms with van der Waals surface area (Å²) in [6, 6.07) is 0. The molecule has 0 heterocycles. The molecule has 0 saturated carbocycles. The van der Waals surface area contributed by atoms with Crippen molar-refractivity contribution in [2.45, 2.75) is 51.0 Å². The quantitative estimate of drug-likeness (QED) is 0.722. The summed E-state index contributed by atoms with van der Waals surface area (Å²) in [7, 11) is 0. The fourth-order valence-electron chi connectivity index (χ4n) is 0.260. The van der Waals surface area contributed by atoms with Crippen LogP contribution in [-0.2, 0) is 25.8 Å². The van der Waals surface area contributed by atoms with E-state index in [1.54, 1.807) is 41.5 Å². The maximum atomic E-state index is 11.4. The van der Waals surface area contributed by atoms with E-state index in [0.29, 0.717) is 0 Å². The van der Waals surface area contributed by atoms with E-state index in [9.17, 15) is 8.42 Å². The van der Waals surface area contributed by atoms with Gasteiger partial charge in [-0.25, -0.2) is 8.42 Å². The van der Waals surface area contributed by atoms with Crippen molar-refractivity contribution in [3.8, 4) is 0 Å². The van der Waals surface area contributed by atoms with Gasteiger partial charge in [0.05, 0.1) is 9.49 Å². The summed E-state index contributed by atoms with van der Waals surface area (Å²) in [6.45, 7) is 10.7. The third-order valence-electron chi connectivity index (χ3n) is 1.12. The first kappa shape index (κ1) is 13.3. The SMILES string of the molecule is CC(C)(C)S(=O)OS(=O)C(C)(C)C. The molecular formula is C8H18O3S2. The molecule has 0 aliphatic carbocycles. The smallest absolute Gasteiger partial charge is 0.174 e. The molecule has 0 aliphatic rings. The predicted octanol–water partition coefficient (Wildman–Crippen LogP) is 1.93. The number of rotatable bonds is 2. The molecule has 5 heteroatoms. The Morgan fingerprint density at radius 1 is 0.769 bits per heavy atom. The van der Waals surface area contributed by atoms with Gasteiger partial charge in [0.2, 0.25) is 0 Å². The lowest BCUT2D eigenvalue weighted by Gasteiger charge is -2.20. The zero-order chi connectivity index (χ0) is 10.9. The van der Waals surface area contributed by atoms with E-state index in [2.05, 4.69) is 0 Å². The van der Waals surface area contributed by atoms with Crippen LogP contribution in [0.2, 0.25) is 0 Å². The Morgan fingerprint density at radius 3 is 1.15 bits per heavy atom. The molecule has 0 N–H and O–H groups in total. The van der Waals surface area contributed by atoms with E-state index >= 15 is 0 Å². The lowest BCUT2D eigenvalue weighted by Crippen LogP contribution is -2.30. The summed E-state index contributed by atoms with van der Waals surface area (Å²) < 4.78 is 26.8. The maximum absolute atomic E-state index is 11.4. The number of hydrogen-bond acceptors (Lipinski definition) is 3. The highest BCUT2D eigenvalue weighted by atomic mass is 32.3. The van der Waals surface area contributed by atoms with Crippen molar-refractivity contribution in [3.05, 3.63) is 0 Å². The molecule has 13 heavy (non-hydrogen) atoms. The predicted molar refractivity (Wildman–Crippen MR) is 56.9 cm³/mol. The first-order valence-electron chi connectivity index (χ1n) is 4.07. The van der Waals surface area contributed by atoms with Crippen LogP contribution in [0.3, 0.4) is 0 Å². The average Bonchev–Trinajstić information content (AvgIpc) is 1.82. The van der Waals surface area contributed by atoms with Gasteiger partial charge >= 0.3 is 0 Å². The molecule has 0 radical (unpaired) electrons. The molecule has 0 unspecified atom stereocenters. The van der Waals surface area contributed by atoms with Gasteiger partial charge in [-0.3, -0.25) is 0 Å². The van der Waals surface area contributed by atoms with E-state index in [-0.39, 0.29) is 0 Å². The fraction of sp³-hybridized carbons (Fsp3) is 1.00. The Bertz CT molecular complexity index is 199. The molecule has 0 aliphatic heterocycles. The van der Waals surface area contributed by atoms with Crippen molar-refractivity contribution in [1.82, 2.24) is 0 Å². The van der Waals surface area contributed by atoms with Crippen LogP contribution in [0.1, 0.15) is 41.5 Å². The van der Waals surface area contributed by atoms with Gasteiger partial charge in [-0.15, -0.1) is 0 Å². The molecule has 0 amide bonds. The first-order valence-corrected chi connectivity index (χ1v) is 6.22. The lowest BCUT2D eigenvalue weighted by molar-refractivity contribution is 0.517. The van der Waals surface area contributed by atoms with Crippen LogP contribution in [-0.4, -0.2) is 17.9 Å². The van der Waals surface area contributed by atoms with Crippen molar-refractivity contribution in [2.24, 2.45) is 0 Å². The monoisotopic (exact) mass is 226 g/mol. The molecule has 0 spiro atoms. The minimum atomic E-state index is -1.51. The fourth-order valence-corrected chi connectivity index (χ4v) is 2.34. The first-order chi connectivity index (χ1) is 5.55. The van der Waals surface area contributed by atoms with Gasteiger partial charge in [0.25, 0.3) is 0 Å². The Labute approximate surface area is 85.6 Å². The Morgan fingerprint density at radius 2 is 1.00 bits per heavy atom. The van der Waals surface area contributed by atoms with E-state index in [1.165, 1.54) is 0 Å². The van der Waals surface area contributed by atoms with Gasteiger partial charge in [-0.2, -0.15) is 3.63 Å². The summed E-state index contributed by atoms with van der Waals surface area (Å²) in [5.74, 6) is 0. The van der Waals surface area contributed by atoms with E-state index in [1.807, 2.05) is 0 Å². The van der Waals surface area contributed by atoms with Gasteiger partial charge in [-0.05, 0) is 41.5 Å². The molecule has 3 nitrogen and oxygen atoms in total. The van der Waals surface area contributed by atoms with Crippen LogP contribution >= 0.6 is 0 Å². The second-order valence-electron chi connectivity index (χ2n) is 4.76.